The third-order valence-electron chi connectivity index (χ3n) is 12.0. The molecule has 0 saturated heterocycles. The van der Waals surface area contributed by atoms with Crippen molar-refractivity contribution in [3.05, 3.63) is 144 Å². The van der Waals surface area contributed by atoms with Crippen molar-refractivity contribution in [2.75, 3.05) is 0 Å². The molecule has 10 rings (SSSR count). The van der Waals surface area contributed by atoms with Crippen LogP contribution in [0.1, 0.15) is 79.0 Å². The van der Waals surface area contributed by atoms with Gasteiger partial charge in [-0.3, -0.25) is 9.38 Å². The summed E-state index contributed by atoms with van der Waals surface area (Å²) in [6, 6.07) is 44.3. The first-order chi connectivity index (χ1) is 28.1. The van der Waals surface area contributed by atoms with E-state index in [1.165, 1.54) is 0 Å². The number of furan rings is 1. The van der Waals surface area contributed by atoms with Crippen LogP contribution in [0.5, 0.6) is 5.75 Å². The third-order valence-corrected chi connectivity index (χ3v) is 12.0. The molecule has 0 radical (unpaired) electrons. The number of phenols is 1. The predicted molar refractivity (Wildman–Crippen MR) is 245 cm³/mol. The number of para-hydroxylation sites is 1. The number of hydrogen-bond donors (Lipinski definition) is 1. The minimum absolute atomic E-state index is 0. The number of rotatable bonds is 4. The summed E-state index contributed by atoms with van der Waals surface area (Å²) >= 11 is 0. The maximum Gasteiger partial charge on any atom is 0.148 e. The van der Waals surface area contributed by atoms with Gasteiger partial charge >= 0.3 is 0 Å². The zero-order chi connectivity index (χ0) is 41.2. The molecule has 10 aromatic rings. The van der Waals surface area contributed by atoms with Crippen LogP contribution < -0.4 is 0 Å². The van der Waals surface area contributed by atoms with E-state index in [0.29, 0.717) is 11.4 Å². The van der Waals surface area contributed by atoms with Crippen LogP contribution in [0.3, 0.4) is 0 Å². The molecule has 0 fully saturated rings. The van der Waals surface area contributed by atoms with Gasteiger partial charge in [-0.2, -0.15) is 0 Å². The fourth-order valence-electron chi connectivity index (χ4n) is 8.77. The van der Waals surface area contributed by atoms with Crippen LogP contribution in [-0.2, 0) is 37.3 Å². The molecule has 0 aliphatic carbocycles. The molecule has 0 spiro atoms. The van der Waals surface area contributed by atoms with E-state index < -0.39 is 0 Å². The number of pyridine rings is 1. The van der Waals surface area contributed by atoms with Gasteiger partial charge < -0.3 is 9.52 Å². The molecule has 6 heteroatoms. The van der Waals surface area contributed by atoms with E-state index in [4.69, 9.17) is 14.4 Å². The van der Waals surface area contributed by atoms with Gasteiger partial charge in [0.2, 0.25) is 0 Å². The van der Waals surface area contributed by atoms with E-state index in [1.54, 1.807) is 0 Å². The van der Waals surface area contributed by atoms with Crippen molar-refractivity contribution in [3.63, 3.8) is 0 Å². The fourth-order valence-corrected chi connectivity index (χ4v) is 8.77. The van der Waals surface area contributed by atoms with Gasteiger partial charge in [0.05, 0.1) is 27.5 Å². The van der Waals surface area contributed by atoms with Gasteiger partial charge in [0.25, 0.3) is 0 Å². The Morgan fingerprint density at radius 3 is 2.02 bits per heavy atom. The van der Waals surface area contributed by atoms with E-state index in [-0.39, 0.29) is 43.1 Å². The molecule has 302 valence electrons. The van der Waals surface area contributed by atoms with Crippen molar-refractivity contribution in [1.82, 2.24) is 14.4 Å². The zero-order valence-corrected chi connectivity index (χ0v) is 37.8. The minimum Gasteiger partial charge on any atom is -0.507 e. The van der Waals surface area contributed by atoms with Crippen molar-refractivity contribution in [2.45, 2.75) is 78.6 Å². The zero-order valence-electron chi connectivity index (χ0n) is 35.6. The summed E-state index contributed by atoms with van der Waals surface area (Å²) in [6.45, 7) is 19.9. The molecular formula is C54H48N3O2Pt-. The quantitative estimate of drug-likeness (QED) is 0.179. The van der Waals surface area contributed by atoms with Crippen molar-refractivity contribution < 1.29 is 30.6 Å². The Hall–Kier alpha value is -5.77. The number of phenolic OH excluding ortho intramolecular Hbond substituents is 1. The smallest absolute Gasteiger partial charge is 0.148 e. The average molecular weight is 966 g/mol. The first-order valence-electron chi connectivity index (χ1n) is 20.5. The van der Waals surface area contributed by atoms with E-state index >= 15 is 0 Å². The maximum atomic E-state index is 12.4. The summed E-state index contributed by atoms with van der Waals surface area (Å²) in [5.41, 5.74) is 13.4. The van der Waals surface area contributed by atoms with Gasteiger partial charge in [0.15, 0.2) is 0 Å². The number of nitrogens with zero attached hydrogens (tertiary/aromatic N) is 3. The molecular weight excluding hydrogens is 918 g/mol. The molecule has 1 N–H and O–H groups in total. The topological polar surface area (TPSA) is 63.6 Å². The van der Waals surface area contributed by atoms with Crippen LogP contribution in [0.25, 0.3) is 94.2 Å². The number of hydrogen-bond acceptors (Lipinski definition) is 4. The van der Waals surface area contributed by atoms with Crippen LogP contribution in [-0.4, -0.2) is 19.5 Å². The summed E-state index contributed by atoms with van der Waals surface area (Å²) in [5.74, 6) is 0.932. The van der Waals surface area contributed by atoms with E-state index in [9.17, 15) is 5.11 Å². The number of imidazole rings is 1. The van der Waals surface area contributed by atoms with E-state index in [2.05, 4.69) is 182 Å². The largest absolute Gasteiger partial charge is 0.507 e. The summed E-state index contributed by atoms with van der Waals surface area (Å²) in [4.78, 5) is 10.6. The molecule has 6 aromatic carbocycles. The number of benzene rings is 6. The Balaban J connectivity index is 0.00000462. The van der Waals surface area contributed by atoms with Crippen LogP contribution in [0.15, 0.2) is 126 Å². The van der Waals surface area contributed by atoms with Crippen molar-refractivity contribution in [3.8, 4) is 50.6 Å². The summed E-state index contributed by atoms with van der Waals surface area (Å²) in [7, 11) is 0. The third kappa shape index (κ3) is 6.32. The van der Waals surface area contributed by atoms with Crippen LogP contribution in [0.4, 0.5) is 0 Å². The van der Waals surface area contributed by atoms with Gasteiger partial charge in [-0.15, -0.1) is 29.3 Å². The van der Waals surface area contributed by atoms with Crippen LogP contribution in [0, 0.1) is 6.07 Å². The Morgan fingerprint density at radius 1 is 0.600 bits per heavy atom. The molecule has 0 aliphatic heterocycles. The van der Waals surface area contributed by atoms with E-state index in [0.717, 1.165) is 99.5 Å². The summed E-state index contributed by atoms with van der Waals surface area (Å²) < 4.78 is 9.11. The van der Waals surface area contributed by atoms with E-state index in [1.807, 2.05) is 12.3 Å². The van der Waals surface area contributed by atoms with Gasteiger partial charge in [0.1, 0.15) is 22.7 Å². The molecule has 0 amide bonds. The Labute approximate surface area is 365 Å². The Kier molecular flexibility index (Phi) is 9.19. The monoisotopic (exact) mass is 965 g/mol. The van der Waals surface area contributed by atoms with Crippen LogP contribution >= 0.6 is 0 Å². The van der Waals surface area contributed by atoms with Crippen molar-refractivity contribution in [2.24, 2.45) is 0 Å². The number of aromatic nitrogens is 3. The Bertz CT molecular complexity index is 3280. The van der Waals surface area contributed by atoms with Gasteiger partial charge in [-0.25, -0.2) is 4.98 Å². The standard InChI is InChI=1S/C54H48N3O2.Pt/c1-52(2,3)35-25-33(24-34(26-35)42-27-32(22-23-55-42)31-16-11-10-12-17-31)39-30-45-47-46-38(19-15-21-44(46)59-45)37-18-13-14-20-43(37)57-49(47)48(39)56-51(57)40-28-36(53(4,5)6)29-41(50(40)58)54(7,8)9;/h10-23,25-30,58H,1-9H3;/q-1;. The first kappa shape index (κ1) is 39.7. The number of fused-ring (bicyclic) bond motifs is 3. The first-order valence-corrected chi connectivity index (χ1v) is 20.5. The molecule has 0 saturated carbocycles. The Morgan fingerprint density at radius 2 is 1.28 bits per heavy atom. The second kappa shape index (κ2) is 13.9. The van der Waals surface area contributed by atoms with Gasteiger partial charge in [-0.05, 0) is 68.7 Å². The van der Waals surface area contributed by atoms with Crippen molar-refractivity contribution in [1.29, 1.82) is 0 Å². The fraction of sp³-hybridized carbons (Fsp3) is 0.222. The molecule has 0 unspecified atom stereocenters. The second-order valence-corrected chi connectivity index (χ2v) is 19.2. The van der Waals surface area contributed by atoms with Gasteiger partial charge in [-0.1, -0.05) is 146 Å². The molecule has 0 aliphatic rings. The second-order valence-electron chi connectivity index (χ2n) is 19.2. The molecule has 4 heterocycles. The summed E-state index contributed by atoms with van der Waals surface area (Å²) in [6.07, 6.45) is 1.89. The average Bonchev–Trinajstić information content (AvgIpc) is 3.74. The summed E-state index contributed by atoms with van der Waals surface area (Å²) in [5, 5.41) is 16.7. The van der Waals surface area contributed by atoms with Gasteiger partial charge in [0, 0.05) is 49.3 Å². The molecule has 0 atom stereocenters. The number of aromatic hydroxyl groups is 1. The molecule has 0 bridgehead atoms. The van der Waals surface area contributed by atoms with Crippen LogP contribution in [0.2, 0.25) is 0 Å². The SMILES string of the molecule is CC(C)(C)c1cc(-c2cc(-c3ccccc3)ccn2)[c-]c(-c2cc3oc4cccc5c6ccccc6n6c(-c7cc(C(C)(C)C)cc(C(C)(C)C)c7O)nc2c6c3c45)c1.[Pt]. The minimum atomic E-state index is -0.321. The maximum absolute atomic E-state index is 12.4. The van der Waals surface area contributed by atoms with Crippen molar-refractivity contribution >= 4 is 49.3 Å². The normalized spacial score (nSPS) is 12.7. The predicted octanol–water partition coefficient (Wildman–Crippen LogP) is 14.4. The molecule has 60 heavy (non-hydrogen) atoms. The molecule has 4 aromatic heterocycles. The molecule has 5 nitrogen and oxygen atoms in total.